The van der Waals surface area contributed by atoms with Crippen LogP contribution in [0.4, 0.5) is 8.78 Å². The molecule has 1 heterocycles. The lowest BCUT2D eigenvalue weighted by Crippen LogP contribution is -1.93. The summed E-state index contributed by atoms with van der Waals surface area (Å²) in [4.78, 5) is 3.60. The molecule has 1 aromatic heterocycles. The van der Waals surface area contributed by atoms with E-state index in [1.54, 1.807) is 0 Å². The molecule has 0 fully saturated rings. The minimum atomic E-state index is -0.686. The average molecular weight is 303 g/mol. The van der Waals surface area contributed by atoms with Crippen LogP contribution in [0.1, 0.15) is 5.56 Å². The van der Waals surface area contributed by atoms with E-state index in [4.69, 9.17) is 28.4 Å². The highest BCUT2D eigenvalue weighted by molar-refractivity contribution is 6.33. The molecule has 2 rings (SSSR count). The first kappa shape index (κ1) is 13.7. The average Bonchev–Trinajstić information content (AvgIpc) is 2.36. The fourth-order valence-electron chi connectivity index (χ4n) is 1.54. The summed E-state index contributed by atoms with van der Waals surface area (Å²) in [7, 11) is 0. The Balaban J connectivity index is 2.67. The first-order valence-corrected chi connectivity index (χ1v) is 5.76. The third-order valence-corrected chi connectivity index (χ3v) is 3.01. The van der Waals surface area contributed by atoms with E-state index in [2.05, 4.69) is 10.1 Å². The Morgan fingerprint density at radius 3 is 2.58 bits per heavy atom. The normalized spacial score (nSPS) is 11.2. The van der Waals surface area contributed by atoms with Crippen molar-refractivity contribution in [3.63, 3.8) is 0 Å². The predicted octanol–water partition coefficient (Wildman–Crippen LogP) is 4.14. The van der Waals surface area contributed by atoms with Gasteiger partial charge in [-0.3, -0.25) is 0 Å². The van der Waals surface area contributed by atoms with Crippen LogP contribution in [0.25, 0.3) is 11.1 Å². The summed E-state index contributed by atoms with van der Waals surface area (Å²) in [6.45, 7) is 0. The second-order valence-electron chi connectivity index (χ2n) is 3.59. The monoisotopic (exact) mass is 302 g/mol. The third-order valence-electron chi connectivity index (χ3n) is 2.38. The van der Waals surface area contributed by atoms with Crippen molar-refractivity contribution in [1.29, 1.82) is 0 Å². The van der Waals surface area contributed by atoms with Crippen molar-refractivity contribution in [2.45, 2.75) is 0 Å². The quantitative estimate of drug-likeness (QED) is 0.392. The van der Waals surface area contributed by atoms with E-state index < -0.39 is 11.6 Å². The van der Waals surface area contributed by atoms with Crippen LogP contribution in [0.5, 0.6) is 0 Å². The van der Waals surface area contributed by atoms with Gasteiger partial charge in [-0.15, -0.1) is 0 Å². The van der Waals surface area contributed by atoms with Crippen LogP contribution in [0.15, 0.2) is 29.6 Å². The van der Waals surface area contributed by atoms with Crippen molar-refractivity contribution in [2.75, 3.05) is 0 Å². The van der Waals surface area contributed by atoms with E-state index in [0.29, 0.717) is 0 Å². The maximum Gasteiger partial charge on any atom is 0.142 e. The lowest BCUT2D eigenvalue weighted by molar-refractivity contribution is 0.322. The molecule has 1 aromatic carbocycles. The summed E-state index contributed by atoms with van der Waals surface area (Å²) in [5.41, 5.74) is 0.362. The van der Waals surface area contributed by atoms with Gasteiger partial charge in [-0.05, 0) is 18.2 Å². The second-order valence-corrected chi connectivity index (χ2v) is 4.36. The molecule has 0 spiro atoms. The molecule has 7 heteroatoms. The maximum absolute atomic E-state index is 13.9. The van der Waals surface area contributed by atoms with Gasteiger partial charge in [-0.2, -0.15) is 0 Å². The smallest absolute Gasteiger partial charge is 0.142 e. The van der Waals surface area contributed by atoms with E-state index in [0.717, 1.165) is 24.5 Å². The summed E-state index contributed by atoms with van der Waals surface area (Å²) in [5.74, 6) is -1.33. The van der Waals surface area contributed by atoms with Crippen molar-refractivity contribution in [2.24, 2.45) is 5.16 Å². The number of rotatable bonds is 2. The van der Waals surface area contributed by atoms with E-state index in [1.165, 1.54) is 6.07 Å². The van der Waals surface area contributed by atoms with Gasteiger partial charge >= 0.3 is 0 Å². The van der Waals surface area contributed by atoms with Crippen LogP contribution in [0.2, 0.25) is 10.2 Å². The molecule has 98 valence electrons. The molecule has 0 amide bonds. The number of oxime groups is 1. The van der Waals surface area contributed by atoms with Crippen molar-refractivity contribution < 1.29 is 14.0 Å². The summed E-state index contributed by atoms with van der Waals surface area (Å²) in [6, 6.07) is 3.37. The van der Waals surface area contributed by atoms with Gasteiger partial charge in [0.25, 0.3) is 0 Å². The number of hydrogen-bond donors (Lipinski definition) is 1. The predicted molar refractivity (Wildman–Crippen MR) is 69.0 cm³/mol. The molecule has 0 radical (unpaired) electrons. The molecule has 0 aliphatic heterocycles. The van der Waals surface area contributed by atoms with Crippen LogP contribution in [0, 0.1) is 11.6 Å². The van der Waals surface area contributed by atoms with Gasteiger partial charge in [-0.25, -0.2) is 13.8 Å². The summed E-state index contributed by atoms with van der Waals surface area (Å²) >= 11 is 11.6. The topological polar surface area (TPSA) is 45.5 Å². The lowest BCUT2D eigenvalue weighted by atomic mass is 10.0. The van der Waals surface area contributed by atoms with Crippen molar-refractivity contribution >= 4 is 29.4 Å². The van der Waals surface area contributed by atoms with Crippen LogP contribution in [0.3, 0.4) is 0 Å². The molecule has 0 saturated carbocycles. The number of benzene rings is 1. The maximum atomic E-state index is 13.9. The minimum absolute atomic E-state index is 0.0105. The van der Waals surface area contributed by atoms with Crippen molar-refractivity contribution in [1.82, 2.24) is 4.98 Å². The highest BCUT2D eigenvalue weighted by Crippen LogP contribution is 2.32. The molecule has 0 bridgehead atoms. The Morgan fingerprint density at radius 2 is 1.89 bits per heavy atom. The summed E-state index contributed by atoms with van der Waals surface area (Å²) < 4.78 is 27.0. The van der Waals surface area contributed by atoms with E-state index in [-0.39, 0.29) is 26.9 Å². The highest BCUT2D eigenvalue weighted by atomic mass is 35.5. The number of hydrogen-bond acceptors (Lipinski definition) is 3. The zero-order valence-electron chi connectivity index (χ0n) is 9.24. The van der Waals surface area contributed by atoms with E-state index in [9.17, 15) is 8.78 Å². The molecule has 0 unspecified atom stereocenters. The second kappa shape index (κ2) is 5.50. The molecule has 19 heavy (non-hydrogen) atoms. The number of halogens is 4. The highest BCUT2D eigenvalue weighted by Gasteiger charge is 2.14. The van der Waals surface area contributed by atoms with Gasteiger partial charge in [0.2, 0.25) is 0 Å². The largest absolute Gasteiger partial charge is 0.411 e. The van der Waals surface area contributed by atoms with Crippen molar-refractivity contribution in [3.8, 4) is 11.1 Å². The zero-order valence-corrected chi connectivity index (χ0v) is 10.8. The van der Waals surface area contributed by atoms with Crippen LogP contribution in [-0.4, -0.2) is 16.4 Å². The molecule has 0 aliphatic rings. The first-order chi connectivity index (χ1) is 9.02. The van der Waals surface area contributed by atoms with Gasteiger partial charge in [0.1, 0.15) is 16.8 Å². The Morgan fingerprint density at radius 1 is 1.16 bits per heavy atom. The Kier molecular flexibility index (Phi) is 3.97. The first-order valence-electron chi connectivity index (χ1n) is 5.01. The summed E-state index contributed by atoms with van der Waals surface area (Å²) in [6.07, 6.45) is 1.96. The van der Waals surface area contributed by atoms with Crippen LogP contribution >= 0.6 is 23.2 Å². The van der Waals surface area contributed by atoms with Gasteiger partial charge in [-0.1, -0.05) is 28.4 Å². The molecule has 2 aromatic rings. The van der Waals surface area contributed by atoms with Crippen LogP contribution < -0.4 is 0 Å². The Labute approximate surface area is 117 Å². The third kappa shape index (κ3) is 2.83. The standard InChI is InChI=1S/C12H6Cl2F2N2O/c13-10-3-11(16)8(1-6(10)4-18-19)9-2-7(15)5-17-12(9)14/h1-5,19H. The molecule has 0 aliphatic carbocycles. The van der Waals surface area contributed by atoms with Crippen LogP contribution in [-0.2, 0) is 0 Å². The van der Waals surface area contributed by atoms with Gasteiger partial charge in [0.05, 0.1) is 17.4 Å². The minimum Gasteiger partial charge on any atom is -0.411 e. The summed E-state index contributed by atoms with van der Waals surface area (Å²) in [5, 5.41) is 11.3. The molecule has 1 N–H and O–H groups in total. The molecule has 0 atom stereocenters. The molecular formula is C12H6Cl2F2N2O. The Hall–Kier alpha value is -1.72. The number of aromatic nitrogens is 1. The number of nitrogens with zero attached hydrogens (tertiary/aromatic N) is 2. The molecular weight excluding hydrogens is 297 g/mol. The zero-order chi connectivity index (χ0) is 14.0. The van der Waals surface area contributed by atoms with Crippen molar-refractivity contribution in [3.05, 3.63) is 51.8 Å². The molecule has 3 nitrogen and oxygen atoms in total. The SMILES string of the molecule is ON=Cc1cc(-c2cc(F)cnc2Cl)c(F)cc1Cl. The van der Waals surface area contributed by atoms with Gasteiger partial charge in [0, 0.05) is 16.7 Å². The fraction of sp³-hybridized carbons (Fsp3) is 0. The van der Waals surface area contributed by atoms with Gasteiger partial charge < -0.3 is 5.21 Å². The Bertz CT molecular complexity index is 662. The fourth-order valence-corrected chi connectivity index (χ4v) is 1.95. The molecule has 0 saturated heterocycles. The van der Waals surface area contributed by atoms with E-state index in [1.807, 2.05) is 0 Å². The number of pyridine rings is 1. The van der Waals surface area contributed by atoms with Gasteiger partial charge in [0.15, 0.2) is 0 Å². The van der Waals surface area contributed by atoms with E-state index >= 15 is 0 Å². The lowest BCUT2D eigenvalue weighted by Gasteiger charge is -2.08.